The number of thiophene rings is 1. The van der Waals surface area contributed by atoms with Crippen LogP contribution in [0.2, 0.25) is 0 Å². The highest BCUT2D eigenvalue weighted by molar-refractivity contribution is 7.98. The molecule has 0 saturated carbocycles. The van der Waals surface area contributed by atoms with Gasteiger partial charge in [0.05, 0.1) is 0 Å². The molecule has 1 aromatic rings. The van der Waals surface area contributed by atoms with E-state index in [-0.39, 0.29) is 0 Å². The molecule has 0 aliphatic heterocycles. The SMILES string of the molecule is CCc1ccc(CC(N)CCSC)s1. The Morgan fingerprint density at radius 2 is 2.14 bits per heavy atom. The van der Waals surface area contributed by atoms with E-state index in [2.05, 4.69) is 25.3 Å². The summed E-state index contributed by atoms with van der Waals surface area (Å²) in [5, 5.41) is 0. The standard InChI is InChI=1S/C11H19NS2/c1-3-10-4-5-11(14-10)8-9(12)6-7-13-2/h4-5,9H,3,6-8,12H2,1-2H3. The van der Waals surface area contributed by atoms with E-state index < -0.39 is 0 Å². The lowest BCUT2D eigenvalue weighted by atomic mass is 10.1. The van der Waals surface area contributed by atoms with Crippen LogP contribution in [0.25, 0.3) is 0 Å². The number of nitrogens with two attached hydrogens (primary N) is 1. The summed E-state index contributed by atoms with van der Waals surface area (Å²) in [7, 11) is 0. The first-order valence-corrected chi connectivity index (χ1v) is 7.29. The van der Waals surface area contributed by atoms with Gasteiger partial charge in [-0.25, -0.2) is 0 Å². The molecule has 1 aromatic heterocycles. The van der Waals surface area contributed by atoms with Crippen molar-refractivity contribution in [2.75, 3.05) is 12.0 Å². The Morgan fingerprint density at radius 3 is 2.71 bits per heavy atom. The van der Waals surface area contributed by atoms with E-state index in [4.69, 9.17) is 5.73 Å². The minimum Gasteiger partial charge on any atom is -0.327 e. The first kappa shape index (κ1) is 12.1. The Morgan fingerprint density at radius 1 is 1.43 bits per heavy atom. The zero-order valence-corrected chi connectivity index (χ0v) is 10.6. The summed E-state index contributed by atoms with van der Waals surface area (Å²) in [5.74, 6) is 1.17. The predicted molar refractivity (Wildman–Crippen MR) is 68.4 cm³/mol. The van der Waals surface area contributed by atoms with Gasteiger partial charge < -0.3 is 5.73 Å². The molecule has 0 radical (unpaired) electrons. The molecular formula is C11H19NS2. The predicted octanol–water partition coefficient (Wildman–Crippen LogP) is 2.93. The van der Waals surface area contributed by atoms with Gasteiger partial charge >= 0.3 is 0 Å². The number of thioether (sulfide) groups is 1. The lowest BCUT2D eigenvalue weighted by Crippen LogP contribution is -2.22. The molecule has 1 nitrogen and oxygen atoms in total. The van der Waals surface area contributed by atoms with Crippen molar-refractivity contribution in [1.29, 1.82) is 0 Å². The van der Waals surface area contributed by atoms with Crippen LogP contribution in [0.5, 0.6) is 0 Å². The highest BCUT2D eigenvalue weighted by Crippen LogP contribution is 2.18. The van der Waals surface area contributed by atoms with E-state index in [1.165, 1.54) is 15.5 Å². The highest BCUT2D eigenvalue weighted by Gasteiger charge is 2.05. The second kappa shape index (κ2) is 6.49. The van der Waals surface area contributed by atoms with Gasteiger partial charge in [-0.15, -0.1) is 11.3 Å². The second-order valence-corrected chi connectivity index (χ2v) is 5.71. The van der Waals surface area contributed by atoms with Crippen LogP contribution in [0.3, 0.4) is 0 Å². The van der Waals surface area contributed by atoms with Crippen LogP contribution in [-0.4, -0.2) is 18.1 Å². The van der Waals surface area contributed by atoms with E-state index in [1.807, 2.05) is 23.1 Å². The molecular weight excluding hydrogens is 210 g/mol. The number of hydrogen-bond acceptors (Lipinski definition) is 3. The molecule has 1 rings (SSSR count). The van der Waals surface area contributed by atoms with Gasteiger partial charge in [0.25, 0.3) is 0 Å². The summed E-state index contributed by atoms with van der Waals surface area (Å²) < 4.78 is 0. The Hall–Kier alpha value is 0.01000. The molecule has 0 aliphatic carbocycles. The lowest BCUT2D eigenvalue weighted by molar-refractivity contribution is 0.657. The summed E-state index contributed by atoms with van der Waals surface area (Å²) in [6.45, 7) is 2.20. The van der Waals surface area contributed by atoms with Crippen LogP contribution in [0, 0.1) is 0 Å². The molecule has 14 heavy (non-hydrogen) atoms. The fourth-order valence-corrected chi connectivity index (χ4v) is 2.94. The molecule has 0 fully saturated rings. The van der Waals surface area contributed by atoms with E-state index >= 15 is 0 Å². The molecule has 0 spiro atoms. The van der Waals surface area contributed by atoms with Crippen molar-refractivity contribution >= 4 is 23.1 Å². The van der Waals surface area contributed by atoms with E-state index in [0.717, 1.165) is 19.3 Å². The Balaban J connectivity index is 2.35. The molecule has 0 aliphatic rings. The third-order valence-corrected chi connectivity index (χ3v) is 4.12. The maximum absolute atomic E-state index is 6.04. The Kier molecular flexibility index (Phi) is 5.60. The maximum atomic E-state index is 6.04. The van der Waals surface area contributed by atoms with Crippen LogP contribution in [-0.2, 0) is 12.8 Å². The molecule has 1 unspecified atom stereocenters. The number of rotatable bonds is 6. The minimum absolute atomic E-state index is 0.339. The van der Waals surface area contributed by atoms with Gasteiger partial charge in [0.15, 0.2) is 0 Å². The molecule has 1 heterocycles. The number of aryl methyl sites for hydroxylation is 1. The fraction of sp³-hybridized carbons (Fsp3) is 0.636. The van der Waals surface area contributed by atoms with Crippen LogP contribution in [0.15, 0.2) is 12.1 Å². The molecule has 80 valence electrons. The molecule has 0 bridgehead atoms. The fourth-order valence-electron chi connectivity index (χ4n) is 1.35. The van der Waals surface area contributed by atoms with Gasteiger partial charge in [-0.05, 0) is 43.4 Å². The van der Waals surface area contributed by atoms with Crippen molar-refractivity contribution in [3.63, 3.8) is 0 Å². The van der Waals surface area contributed by atoms with E-state index in [9.17, 15) is 0 Å². The Labute approximate surface area is 95.1 Å². The molecule has 1 atom stereocenters. The molecule has 0 saturated heterocycles. The molecule has 2 N–H and O–H groups in total. The van der Waals surface area contributed by atoms with Crippen molar-refractivity contribution in [2.24, 2.45) is 5.73 Å². The third-order valence-electron chi connectivity index (χ3n) is 2.22. The van der Waals surface area contributed by atoms with Gasteiger partial charge in [0.1, 0.15) is 0 Å². The van der Waals surface area contributed by atoms with Crippen LogP contribution in [0.1, 0.15) is 23.1 Å². The van der Waals surface area contributed by atoms with Crippen molar-refractivity contribution in [2.45, 2.75) is 32.2 Å². The average Bonchev–Trinajstić information content (AvgIpc) is 2.62. The van der Waals surface area contributed by atoms with Crippen molar-refractivity contribution < 1.29 is 0 Å². The Bertz CT molecular complexity index is 258. The second-order valence-electron chi connectivity index (χ2n) is 3.47. The van der Waals surface area contributed by atoms with Gasteiger partial charge in [-0.2, -0.15) is 11.8 Å². The zero-order valence-electron chi connectivity index (χ0n) is 8.95. The van der Waals surface area contributed by atoms with Crippen molar-refractivity contribution in [3.05, 3.63) is 21.9 Å². The van der Waals surface area contributed by atoms with Gasteiger partial charge in [-0.3, -0.25) is 0 Å². The lowest BCUT2D eigenvalue weighted by Gasteiger charge is -2.08. The average molecular weight is 229 g/mol. The topological polar surface area (TPSA) is 26.0 Å². The minimum atomic E-state index is 0.339. The van der Waals surface area contributed by atoms with Crippen LogP contribution >= 0.6 is 23.1 Å². The monoisotopic (exact) mass is 229 g/mol. The van der Waals surface area contributed by atoms with Gasteiger partial charge in [0.2, 0.25) is 0 Å². The summed E-state index contributed by atoms with van der Waals surface area (Å²) in [5.41, 5.74) is 6.04. The van der Waals surface area contributed by atoms with Crippen LogP contribution in [0.4, 0.5) is 0 Å². The first-order valence-electron chi connectivity index (χ1n) is 5.08. The molecule has 0 amide bonds. The number of hydrogen-bond donors (Lipinski definition) is 1. The molecule has 0 aromatic carbocycles. The van der Waals surface area contributed by atoms with Gasteiger partial charge in [-0.1, -0.05) is 6.92 Å². The van der Waals surface area contributed by atoms with E-state index in [1.54, 1.807) is 0 Å². The third kappa shape index (κ3) is 4.03. The van der Waals surface area contributed by atoms with Crippen molar-refractivity contribution in [3.8, 4) is 0 Å². The maximum Gasteiger partial charge on any atom is 0.00950 e. The first-order chi connectivity index (χ1) is 6.76. The quantitative estimate of drug-likeness (QED) is 0.811. The van der Waals surface area contributed by atoms with E-state index in [0.29, 0.717) is 6.04 Å². The van der Waals surface area contributed by atoms with Crippen LogP contribution < -0.4 is 5.73 Å². The summed E-state index contributed by atoms with van der Waals surface area (Å²) in [4.78, 5) is 2.91. The van der Waals surface area contributed by atoms with Gasteiger partial charge in [0, 0.05) is 15.8 Å². The summed E-state index contributed by atoms with van der Waals surface area (Å²) >= 11 is 3.78. The largest absolute Gasteiger partial charge is 0.327 e. The molecule has 3 heteroatoms. The van der Waals surface area contributed by atoms with Crippen molar-refractivity contribution in [1.82, 2.24) is 0 Å². The summed E-state index contributed by atoms with van der Waals surface area (Å²) in [6, 6.07) is 4.79. The summed E-state index contributed by atoms with van der Waals surface area (Å²) in [6.07, 6.45) is 5.45. The smallest absolute Gasteiger partial charge is 0.00950 e. The zero-order chi connectivity index (χ0) is 10.4. The normalized spacial score (nSPS) is 13.1. The highest BCUT2D eigenvalue weighted by atomic mass is 32.2.